The summed E-state index contributed by atoms with van der Waals surface area (Å²) in [6.07, 6.45) is 9.83. The summed E-state index contributed by atoms with van der Waals surface area (Å²) in [5, 5.41) is 11.9. The number of hydrogen-bond donors (Lipinski definition) is 2. The molecule has 11 heteroatoms. The second-order valence-electron chi connectivity index (χ2n) is 11.2. The number of nitrogens with one attached hydrogen (secondary N) is 1. The highest BCUT2D eigenvalue weighted by Gasteiger charge is 2.74. The lowest BCUT2D eigenvalue weighted by Crippen LogP contribution is -2.56. The van der Waals surface area contributed by atoms with Gasteiger partial charge in [-0.15, -0.1) is 0 Å². The maximum Gasteiger partial charge on any atom is 0.313 e. The number of cyclic esters (lactones) is 1. The van der Waals surface area contributed by atoms with E-state index in [9.17, 15) is 19.2 Å². The number of likely N-dealkylation sites (tertiary alicyclic amines) is 1. The quantitative estimate of drug-likeness (QED) is 0.229. The molecular weight excluding hydrogens is 582 g/mol. The van der Waals surface area contributed by atoms with Gasteiger partial charge in [-0.05, 0) is 38.7 Å². The molecule has 222 valence electrons. The first-order chi connectivity index (χ1) is 19.2. The highest BCUT2D eigenvalue weighted by molar-refractivity contribution is 9.11. The van der Waals surface area contributed by atoms with Crippen molar-refractivity contribution in [3.05, 3.63) is 22.7 Å². The standard InChI is InChI=1S/C29H42BrN3O7/c1-3-4-13-32-14-9-7-8-12-21(35)31-18-19(2)39-28(38)22-23-26(36)33(15-10-5-6-11-16-34)25(27(32)37)29(23)17-20(30)24(22)40-29/h7,9,17,19,22-25,34H,3-6,8,10-16,18H2,1-2H3,(H,31,35)/b9-7-/t19-,22+,23-,24+,25+,29-/m1/s1. The van der Waals surface area contributed by atoms with E-state index in [1.54, 1.807) is 16.7 Å². The largest absolute Gasteiger partial charge is 0.460 e. The molecule has 6 atom stereocenters. The fourth-order valence-corrected chi connectivity index (χ4v) is 7.00. The van der Waals surface area contributed by atoms with E-state index in [2.05, 4.69) is 28.2 Å². The molecule has 1 spiro atoms. The van der Waals surface area contributed by atoms with Crippen LogP contribution in [0.25, 0.3) is 0 Å². The van der Waals surface area contributed by atoms with Gasteiger partial charge in [-0.3, -0.25) is 19.2 Å². The molecule has 4 heterocycles. The SMILES string of the molecule is CCCCN1C/C=C\CCC(=O)NC[C@@H](C)OC(=O)[C@@H]2[C@H]3O[C@@]4(C=C3Br)[C@H](C1=O)N(CCCCCCO)C(=O)[C@@H]24. The molecule has 3 amide bonds. The van der Waals surface area contributed by atoms with E-state index in [4.69, 9.17) is 14.6 Å². The Balaban J connectivity index is 1.72. The van der Waals surface area contributed by atoms with E-state index >= 15 is 0 Å². The van der Waals surface area contributed by atoms with Crippen molar-refractivity contribution in [1.29, 1.82) is 0 Å². The Morgan fingerprint density at radius 1 is 1.07 bits per heavy atom. The van der Waals surface area contributed by atoms with E-state index < -0.39 is 41.7 Å². The van der Waals surface area contributed by atoms with E-state index in [1.165, 1.54) is 0 Å². The van der Waals surface area contributed by atoms with Crippen molar-refractivity contribution in [1.82, 2.24) is 15.1 Å². The topological polar surface area (TPSA) is 125 Å². The molecule has 2 N–H and O–H groups in total. The van der Waals surface area contributed by atoms with Crippen LogP contribution in [-0.4, -0.2) is 95.2 Å². The third-order valence-electron chi connectivity index (χ3n) is 8.27. The molecule has 0 radical (unpaired) electrons. The molecule has 40 heavy (non-hydrogen) atoms. The van der Waals surface area contributed by atoms with Crippen molar-refractivity contribution in [3.63, 3.8) is 0 Å². The van der Waals surface area contributed by atoms with Crippen molar-refractivity contribution < 1.29 is 33.8 Å². The number of esters is 1. The van der Waals surface area contributed by atoms with Crippen LogP contribution in [0.4, 0.5) is 0 Å². The first kappa shape index (κ1) is 30.7. The van der Waals surface area contributed by atoms with Gasteiger partial charge in [0.2, 0.25) is 17.7 Å². The van der Waals surface area contributed by atoms with Crippen molar-refractivity contribution in [2.75, 3.05) is 32.8 Å². The van der Waals surface area contributed by atoms with E-state index in [0.29, 0.717) is 49.8 Å². The molecule has 2 fully saturated rings. The van der Waals surface area contributed by atoms with E-state index in [-0.39, 0.29) is 30.9 Å². The van der Waals surface area contributed by atoms with Gasteiger partial charge in [0.05, 0.1) is 12.5 Å². The highest BCUT2D eigenvalue weighted by Crippen LogP contribution is 2.58. The number of aliphatic hydroxyl groups is 1. The van der Waals surface area contributed by atoms with Crippen LogP contribution in [0.5, 0.6) is 0 Å². The molecule has 4 rings (SSSR count). The number of aliphatic hydroxyl groups excluding tert-OH is 1. The van der Waals surface area contributed by atoms with Crippen molar-refractivity contribution in [2.45, 2.75) is 89.1 Å². The number of unbranched alkanes of at least 4 members (excludes halogenated alkanes) is 4. The lowest BCUT2D eigenvalue weighted by molar-refractivity contribution is -0.158. The number of ether oxygens (including phenoxy) is 2. The van der Waals surface area contributed by atoms with Gasteiger partial charge in [-0.2, -0.15) is 0 Å². The zero-order chi connectivity index (χ0) is 28.9. The van der Waals surface area contributed by atoms with Crippen LogP contribution in [0.1, 0.15) is 65.2 Å². The second kappa shape index (κ2) is 13.6. The van der Waals surface area contributed by atoms with Gasteiger partial charge in [-0.1, -0.05) is 54.3 Å². The predicted molar refractivity (Wildman–Crippen MR) is 151 cm³/mol. The van der Waals surface area contributed by atoms with Gasteiger partial charge >= 0.3 is 5.97 Å². The number of allylic oxidation sites excluding steroid dienone is 1. The summed E-state index contributed by atoms with van der Waals surface area (Å²) in [5.74, 6) is -2.97. The van der Waals surface area contributed by atoms with Gasteiger partial charge in [-0.25, -0.2) is 0 Å². The van der Waals surface area contributed by atoms with E-state index in [1.807, 2.05) is 18.2 Å². The molecule has 0 unspecified atom stereocenters. The number of hydrogen-bond acceptors (Lipinski definition) is 7. The zero-order valence-electron chi connectivity index (χ0n) is 23.5. The number of amides is 3. The fourth-order valence-electron chi connectivity index (χ4n) is 6.27. The van der Waals surface area contributed by atoms with Gasteiger partial charge < -0.3 is 29.7 Å². The van der Waals surface area contributed by atoms with Crippen LogP contribution in [0, 0.1) is 11.8 Å². The number of rotatable bonds is 9. The zero-order valence-corrected chi connectivity index (χ0v) is 25.1. The predicted octanol–water partition coefficient (Wildman–Crippen LogP) is 2.44. The maximum absolute atomic E-state index is 14.4. The van der Waals surface area contributed by atoms with E-state index in [0.717, 1.165) is 25.7 Å². The molecule has 0 aliphatic carbocycles. The molecule has 4 aliphatic heterocycles. The third kappa shape index (κ3) is 6.16. The first-order valence-corrected chi connectivity index (χ1v) is 15.4. The first-order valence-electron chi connectivity index (χ1n) is 14.6. The lowest BCUT2D eigenvalue weighted by Gasteiger charge is -2.36. The number of halogens is 1. The minimum Gasteiger partial charge on any atom is -0.460 e. The maximum atomic E-state index is 14.4. The number of carbonyl (C=O) groups is 4. The fraction of sp³-hybridized carbons (Fsp3) is 0.724. The minimum absolute atomic E-state index is 0.120. The second-order valence-corrected chi connectivity index (χ2v) is 12.1. The Kier molecular flexibility index (Phi) is 10.5. The van der Waals surface area contributed by atoms with Crippen LogP contribution in [0.2, 0.25) is 0 Å². The summed E-state index contributed by atoms with van der Waals surface area (Å²) < 4.78 is 12.9. The normalized spacial score (nSPS) is 33.6. The molecule has 0 saturated carbocycles. The molecule has 4 aliphatic rings. The van der Waals surface area contributed by atoms with Crippen LogP contribution in [0.3, 0.4) is 0 Å². The summed E-state index contributed by atoms with van der Waals surface area (Å²) in [4.78, 5) is 57.7. The monoisotopic (exact) mass is 623 g/mol. The Labute approximate surface area is 244 Å². The molecule has 10 nitrogen and oxygen atoms in total. The molecule has 5 bridgehead atoms. The van der Waals surface area contributed by atoms with Crippen LogP contribution >= 0.6 is 15.9 Å². The summed E-state index contributed by atoms with van der Waals surface area (Å²) in [5.41, 5.74) is -1.27. The summed E-state index contributed by atoms with van der Waals surface area (Å²) in [7, 11) is 0. The molecule has 0 aromatic carbocycles. The van der Waals surface area contributed by atoms with Crippen LogP contribution in [-0.2, 0) is 28.7 Å². The van der Waals surface area contributed by atoms with Crippen LogP contribution in [0.15, 0.2) is 22.7 Å². The molecule has 0 aromatic heterocycles. The smallest absolute Gasteiger partial charge is 0.313 e. The average molecular weight is 625 g/mol. The van der Waals surface area contributed by atoms with Crippen molar-refractivity contribution >= 4 is 39.6 Å². The summed E-state index contributed by atoms with van der Waals surface area (Å²) in [6, 6.07) is -0.903. The Hall–Kier alpha value is -2.24. The Morgan fingerprint density at radius 2 is 1.85 bits per heavy atom. The minimum atomic E-state index is -1.27. The van der Waals surface area contributed by atoms with Crippen molar-refractivity contribution in [2.24, 2.45) is 11.8 Å². The molecular formula is C29H42BrN3O7. The van der Waals surface area contributed by atoms with Gasteiger partial charge in [0.1, 0.15) is 29.8 Å². The number of fused-ring (bicyclic) bond motifs is 2. The van der Waals surface area contributed by atoms with Gasteiger partial charge in [0.15, 0.2) is 0 Å². The number of carbonyl (C=O) groups excluding carboxylic acids is 4. The summed E-state index contributed by atoms with van der Waals surface area (Å²) in [6.45, 7) is 5.28. The number of nitrogens with zero attached hydrogens (tertiary/aromatic N) is 2. The average Bonchev–Trinajstić information content (AvgIpc) is 3.51. The van der Waals surface area contributed by atoms with Gasteiger partial charge in [0, 0.05) is 37.1 Å². The van der Waals surface area contributed by atoms with Gasteiger partial charge in [0.25, 0.3) is 0 Å². The lowest BCUT2D eigenvalue weighted by atomic mass is 9.74. The highest BCUT2D eigenvalue weighted by atomic mass is 79.9. The van der Waals surface area contributed by atoms with Crippen LogP contribution < -0.4 is 5.32 Å². The Bertz CT molecular complexity index is 1030. The third-order valence-corrected chi connectivity index (χ3v) is 8.95. The van der Waals surface area contributed by atoms with Crippen molar-refractivity contribution in [3.8, 4) is 0 Å². The summed E-state index contributed by atoms with van der Waals surface area (Å²) >= 11 is 3.56. The Morgan fingerprint density at radius 3 is 2.60 bits per heavy atom. The molecule has 0 aromatic rings. The molecule has 2 saturated heterocycles.